The lowest BCUT2D eigenvalue weighted by Gasteiger charge is -2.30. The summed E-state index contributed by atoms with van der Waals surface area (Å²) in [6, 6.07) is 10.8. The van der Waals surface area contributed by atoms with Crippen LogP contribution < -0.4 is 11.3 Å². The van der Waals surface area contributed by atoms with Crippen LogP contribution in [0.15, 0.2) is 40.2 Å². The van der Waals surface area contributed by atoms with Crippen molar-refractivity contribution in [1.82, 2.24) is 5.43 Å². The van der Waals surface area contributed by atoms with E-state index in [1.54, 1.807) is 11.3 Å². The SMILES string of the molecule is NNC(c1ccccc1C1CCC1)c1sccc1Br. The molecule has 0 radical (unpaired) electrons. The molecule has 1 aliphatic carbocycles. The van der Waals surface area contributed by atoms with Gasteiger partial charge in [0, 0.05) is 9.35 Å². The average Bonchev–Trinajstić information content (AvgIpc) is 2.77. The number of hydrogen-bond donors (Lipinski definition) is 2. The van der Waals surface area contributed by atoms with E-state index in [1.807, 2.05) is 0 Å². The van der Waals surface area contributed by atoms with Gasteiger partial charge in [-0.15, -0.1) is 11.3 Å². The highest BCUT2D eigenvalue weighted by Gasteiger charge is 2.26. The Kier molecular flexibility index (Phi) is 4.03. The first-order chi connectivity index (χ1) is 9.31. The van der Waals surface area contributed by atoms with Gasteiger partial charge in [0.25, 0.3) is 0 Å². The van der Waals surface area contributed by atoms with E-state index < -0.39 is 0 Å². The first-order valence-electron chi connectivity index (χ1n) is 6.59. The Morgan fingerprint density at radius 1 is 1.26 bits per heavy atom. The number of benzene rings is 1. The van der Waals surface area contributed by atoms with E-state index in [2.05, 4.69) is 57.1 Å². The number of hydrazine groups is 1. The highest BCUT2D eigenvalue weighted by atomic mass is 79.9. The predicted molar refractivity (Wildman–Crippen MR) is 84.2 cm³/mol. The summed E-state index contributed by atoms with van der Waals surface area (Å²) in [5.74, 6) is 6.54. The van der Waals surface area contributed by atoms with Crippen LogP contribution in [0.3, 0.4) is 0 Å². The molecule has 1 saturated carbocycles. The van der Waals surface area contributed by atoms with Gasteiger partial charge in [0.05, 0.1) is 6.04 Å². The Hall–Kier alpha value is -0.680. The first-order valence-corrected chi connectivity index (χ1v) is 8.26. The van der Waals surface area contributed by atoms with Crippen LogP contribution in [0.4, 0.5) is 0 Å². The largest absolute Gasteiger partial charge is 0.271 e. The molecule has 2 aromatic rings. The minimum atomic E-state index is 0.0752. The Balaban J connectivity index is 2.02. The summed E-state index contributed by atoms with van der Waals surface area (Å²) in [5.41, 5.74) is 5.76. The molecule has 19 heavy (non-hydrogen) atoms. The lowest BCUT2D eigenvalue weighted by atomic mass is 9.77. The van der Waals surface area contributed by atoms with Crippen molar-refractivity contribution >= 4 is 27.3 Å². The van der Waals surface area contributed by atoms with Crippen LogP contribution >= 0.6 is 27.3 Å². The highest BCUT2D eigenvalue weighted by molar-refractivity contribution is 9.10. The third kappa shape index (κ3) is 2.50. The smallest absolute Gasteiger partial charge is 0.0816 e. The molecule has 0 spiro atoms. The summed E-state index contributed by atoms with van der Waals surface area (Å²) in [7, 11) is 0. The van der Waals surface area contributed by atoms with E-state index in [4.69, 9.17) is 5.84 Å². The summed E-state index contributed by atoms with van der Waals surface area (Å²) in [6.45, 7) is 0. The third-order valence-electron chi connectivity index (χ3n) is 3.93. The third-order valence-corrected chi connectivity index (χ3v) is 5.86. The fourth-order valence-electron chi connectivity index (χ4n) is 2.68. The molecule has 1 atom stereocenters. The fraction of sp³-hybridized carbons (Fsp3) is 0.333. The maximum atomic E-state index is 5.83. The van der Waals surface area contributed by atoms with Gasteiger partial charge in [-0.3, -0.25) is 5.84 Å². The molecule has 0 bridgehead atoms. The second-order valence-corrected chi connectivity index (χ2v) is 6.79. The van der Waals surface area contributed by atoms with Crippen LogP contribution in [0.25, 0.3) is 0 Å². The van der Waals surface area contributed by atoms with Gasteiger partial charge in [-0.2, -0.15) is 0 Å². The van der Waals surface area contributed by atoms with Crippen molar-refractivity contribution in [2.24, 2.45) is 5.84 Å². The van der Waals surface area contributed by atoms with Gasteiger partial charge in [-0.25, -0.2) is 5.43 Å². The van der Waals surface area contributed by atoms with Gasteiger partial charge in [-0.1, -0.05) is 30.7 Å². The van der Waals surface area contributed by atoms with Crippen molar-refractivity contribution < 1.29 is 0 Å². The molecule has 3 N–H and O–H groups in total. The number of rotatable bonds is 4. The molecular weight excluding hydrogens is 320 g/mol. The Labute approximate surface area is 126 Å². The van der Waals surface area contributed by atoms with Crippen molar-refractivity contribution in [2.45, 2.75) is 31.2 Å². The van der Waals surface area contributed by atoms with Crippen molar-refractivity contribution in [3.05, 3.63) is 56.2 Å². The molecule has 0 amide bonds. The van der Waals surface area contributed by atoms with E-state index in [-0.39, 0.29) is 6.04 Å². The lowest BCUT2D eigenvalue weighted by Crippen LogP contribution is -2.30. The fourth-order valence-corrected chi connectivity index (χ4v) is 4.36. The van der Waals surface area contributed by atoms with E-state index >= 15 is 0 Å². The predicted octanol–water partition coefficient (Wildman–Crippen LogP) is 4.33. The van der Waals surface area contributed by atoms with Gasteiger partial charge >= 0.3 is 0 Å². The van der Waals surface area contributed by atoms with Crippen LogP contribution in [0.5, 0.6) is 0 Å². The zero-order chi connectivity index (χ0) is 13.2. The van der Waals surface area contributed by atoms with E-state index in [9.17, 15) is 0 Å². The molecule has 1 fully saturated rings. The molecule has 100 valence electrons. The van der Waals surface area contributed by atoms with Crippen molar-refractivity contribution in [3.8, 4) is 0 Å². The second kappa shape index (κ2) is 5.75. The molecule has 1 unspecified atom stereocenters. The minimum Gasteiger partial charge on any atom is -0.271 e. The van der Waals surface area contributed by atoms with Crippen LogP contribution in [0.2, 0.25) is 0 Å². The summed E-state index contributed by atoms with van der Waals surface area (Å²) in [5, 5.41) is 2.09. The number of hydrogen-bond acceptors (Lipinski definition) is 3. The van der Waals surface area contributed by atoms with Crippen LogP contribution in [-0.4, -0.2) is 0 Å². The topological polar surface area (TPSA) is 38.0 Å². The molecule has 4 heteroatoms. The van der Waals surface area contributed by atoms with E-state index in [1.165, 1.54) is 35.3 Å². The Morgan fingerprint density at radius 3 is 2.63 bits per heavy atom. The highest BCUT2D eigenvalue weighted by Crippen LogP contribution is 2.42. The molecule has 3 rings (SSSR count). The molecule has 1 aliphatic rings. The number of nitrogens with two attached hydrogens (primary N) is 1. The number of halogens is 1. The number of thiophene rings is 1. The zero-order valence-electron chi connectivity index (χ0n) is 10.6. The van der Waals surface area contributed by atoms with Crippen molar-refractivity contribution in [1.29, 1.82) is 0 Å². The quantitative estimate of drug-likeness (QED) is 0.644. The van der Waals surface area contributed by atoms with E-state index in [0.29, 0.717) is 5.92 Å². The zero-order valence-corrected chi connectivity index (χ0v) is 13.0. The molecule has 0 saturated heterocycles. The molecule has 1 aromatic heterocycles. The Bertz CT molecular complexity index is 563. The maximum Gasteiger partial charge on any atom is 0.0816 e. The number of nitrogens with one attached hydrogen (secondary N) is 1. The standard InChI is InChI=1S/C15H17BrN2S/c16-13-8-9-19-15(13)14(18-17)12-7-2-1-6-11(12)10-4-3-5-10/h1-2,6-10,14,18H,3-5,17H2. The molecule has 1 heterocycles. The van der Waals surface area contributed by atoms with E-state index in [0.717, 1.165) is 4.47 Å². The average molecular weight is 337 g/mol. The van der Waals surface area contributed by atoms with Gasteiger partial charge in [0.15, 0.2) is 0 Å². The summed E-state index contributed by atoms with van der Waals surface area (Å²) in [6.07, 6.45) is 3.96. The molecule has 0 aliphatic heterocycles. The van der Waals surface area contributed by atoms with Crippen LogP contribution in [0.1, 0.15) is 47.2 Å². The summed E-state index contributed by atoms with van der Waals surface area (Å²) >= 11 is 5.35. The maximum absolute atomic E-state index is 5.83. The van der Waals surface area contributed by atoms with Crippen LogP contribution in [0, 0.1) is 0 Å². The van der Waals surface area contributed by atoms with Crippen molar-refractivity contribution in [2.75, 3.05) is 0 Å². The molecule has 1 aromatic carbocycles. The monoisotopic (exact) mass is 336 g/mol. The van der Waals surface area contributed by atoms with Gasteiger partial charge in [0.1, 0.15) is 0 Å². The lowest BCUT2D eigenvalue weighted by molar-refractivity contribution is 0.414. The van der Waals surface area contributed by atoms with Crippen LogP contribution in [-0.2, 0) is 0 Å². The molecule has 2 nitrogen and oxygen atoms in total. The van der Waals surface area contributed by atoms with Gasteiger partial charge < -0.3 is 0 Å². The van der Waals surface area contributed by atoms with Gasteiger partial charge in [-0.05, 0) is 57.3 Å². The second-order valence-electron chi connectivity index (χ2n) is 4.99. The minimum absolute atomic E-state index is 0.0752. The van der Waals surface area contributed by atoms with Crippen molar-refractivity contribution in [3.63, 3.8) is 0 Å². The Morgan fingerprint density at radius 2 is 2.05 bits per heavy atom. The molecular formula is C15H17BrN2S. The normalized spacial score (nSPS) is 17.2. The van der Waals surface area contributed by atoms with Gasteiger partial charge in [0.2, 0.25) is 0 Å². The first kappa shape index (κ1) is 13.3. The summed E-state index contributed by atoms with van der Waals surface area (Å²) < 4.78 is 1.13. The summed E-state index contributed by atoms with van der Waals surface area (Å²) in [4.78, 5) is 1.24.